The molecule has 150 valence electrons. The number of carbonyl (C=O) groups is 1. The van der Waals surface area contributed by atoms with Gasteiger partial charge < -0.3 is 5.32 Å². The number of rotatable bonds is 6. The highest BCUT2D eigenvalue weighted by Crippen LogP contribution is 2.42. The van der Waals surface area contributed by atoms with Crippen LogP contribution in [0.1, 0.15) is 58.4 Å². The zero-order valence-corrected chi connectivity index (χ0v) is 17.2. The number of amides is 1. The highest BCUT2D eigenvalue weighted by molar-refractivity contribution is 8.00. The summed E-state index contributed by atoms with van der Waals surface area (Å²) in [7, 11) is 0. The van der Waals surface area contributed by atoms with E-state index in [4.69, 9.17) is 0 Å². The second-order valence-electron chi connectivity index (χ2n) is 8.02. The van der Waals surface area contributed by atoms with E-state index in [9.17, 15) is 9.18 Å². The van der Waals surface area contributed by atoms with Gasteiger partial charge in [0.05, 0.1) is 10.8 Å². The summed E-state index contributed by atoms with van der Waals surface area (Å²) in [5, 5.41) is 12.2. The molecule has 1 amide bonds. The van der Waals surface area contributed by atoms with E-state index in [0.29, 0.717) is 28.5 Å². The minimum absolute atomic E-state index is 0.0431. The lowest BCUT2D eigenvalue weighted by Crippen LogP contribution is -2.44. The van der Waals surface area contributed by atoms with E-state index in [-0.39, 0.29) is 23.0 Å². The van der Waals surface area contributed by atoms with Gasteiger partial charge in [0, 0.05) is 12.1 Å². The Labute approximate surface area is 169 Å². The quantitative estimate of drug-likeness (QED) is 0.718. The van der Waals surface area contributed by atoms with Crippen LogP contribution >= 0.6 is 11.8 Å². The van der Waals surface area contributed by atoms with Gasteiger partial charge in [-0.1, -0.05) is 43.7 Å². The largest absolute Gasteiger partial charge is 0.352 e. The second-order valence-corrected chi connectivity index (χ2v) is 9.33. The molecule has 0 spiro atoms. The van der Waals surface area contributed by atoms with Crippen LogP contribution in [0.15, 0.2) is 29.4 Å². The molecule has 2 aromatic rings. The Hall–Kier alpha value is -1.89. The molecular formula is C21H27FN4OS. The number of thioether (sulfide) groups is 1. The van der Waals surface area contributed by atoms with E-state index in [1.807, 2.05) is 11.5 Å². The minimum atomic E-state index is -0.301. The van der Waals surface area contributed by atoms with E-state index < -0.39 is 0 Å². The third kappa shape index (κ3) is 4.09. The Bertz CT molecular complexity index is 851. The SMILES string of the molecule is C[C@@H](Sc1nnc(-c2ccccc2F)n1C1CC1)C(=O)N[C@H]1CCCC[C@@H]1C. The number of nitrogens with zero attached hydrogens (tertiary/aromatic N) is 3. The number of carbonyl (C=O) groups excluding carboxylic acids is 1. The molecule has 2 fully saturated rings. The second kappa shape index (κ2) is 8.23. The van der Waals surface area contributed by atoms with Gasteiger partial charge in [0.15, 0.2) is 11.0 Å². The predicted octanol–water partition coefficient (Wildman–Crippen LogP) is 4.59. The van der Waals surface area contributed by atoms with Crippen LogP contribution in [0.5, 0.6) is 0 Å². The Morgan fingerprint density at radius 1 is 1.21 bits per heavy atom. The number of benzene rings is 1. The van der Waals surface area contributed by atoms with Crippen molar-refractivity contribution in [2.45, 2.75) is 74.9 Å². The Morgan fingerprint density at radius 3 is 2.68 bits per heavy atom. The molecule has 3 atom stereocenters. The van der Waals surface area contributed by atoms with Crippen LogP contribution in [-0.2, 0) is 4.79 Å². The van der Waals surface area contributed by atoms with Crippen molar-refractivity contribution in [1.29, 1.82) is 0 Å². The van der Waals surface area contributed by atoms with Crippen LogP contribution in [0.2, 0.25) is 0 Å². The summed E-state index contributed by atoms with van der Waals surface area (Å²) in [5.41, 5.74) is 0.460. The maximum Gasteiger partial charge on any atom is 0.233 e. The molecule has 5 nitrogen and oxygen atoms in total. The molecule has 0 aliphatic heterocycles. The number of hydrogen-bond acceptors (Lipinski definition) is 4. The summed E-state index contributed by atoms with van der Waals surface area (Å²) in [6.45, 7) is 4.12. The van der Waals surface area contributed by atoms with E-state index in [1.54, 1.807) is 18.2 Å². The third-order valence-corrected chi connectivity index (χ3v) is 6.84. The Balaban J connectivity index is 1.50. The number of hydrogen-bond donors (Lipinski definition) is 1. The fourth-order valence-corrected chi connectivity index (χ4v) is 4.82. The van der Waals surface area contributed by atoms with Crippen molar-refractivity contribution in [2.24, 2.45) is 5.92 Å². The van der Waals surface area contributed by atoms with Gasteiger partial charge >= 0.3 is 0 Å². The molecule has 1 N–H and O–H groups in total. The molecule has 2 aliphatic rings. The third-order valence-electron chi connectivity index (χ3n) is 5.78. The Morgan fingerprint density at radius 2 is 1.96 bits per heavy atom. The average molecular weight is 403 g/mol. The van der Waals surface area contributed by atoms with Crippen LogP contribution < -0.4 is 5.32 Å². The molecule has 0 radical (unpaired) electrons. The maximum absolute atomic E-state index is 14.3. The maximum atomic E-state index is 14.3. The molecule has 1 heterocycles. The number of nitrogens with one attached hydrogen (secondary N) is 1. The summed E-state index contributed by atoms with van der Waals surface area (Å²) in [6.07, 6.45) is 6.73. The van der Waals surface area contributed by atoms with Crippen molar-refractivity contribution in [2.75, 3.05) is 0 Å². The predicted molar refractivity (Wildman–Crippen MR) is 109 cm³/mol. The van der Waals surface area contributed by atoms with Crippen LogP contribution in [0.3, 0.4) is 0 Å². The van der Waals surface area contributed by atoms with Crippen LogP contribution in [0, 0.1) is 11.7 Å². The first-order valence-corrected chi connectivity index (χ1v) is 11.1. The van der Waals surface area contributed by atoms with Crippen molar-refractivity contribution in [3.63, 3.8) is 0 Å². The Kier molecular flexibility index (Phi) is 5.71. The van der Waals surface area contributed by atoms with Crippen LogP contribution in [0.25, 0.3) is 11.4 Å². The summed E-state index contributed by atoms with van der Waals surface area (Å²) in [6, 6.07) is 7.20. The fraction of sp³-hybridized carbons (Fsp3) is 0.571. The molecule has 7 heteroatoms. The summed E-state index contributed by atoms with van der Waals surface area (Å²) < 4.78 is 16.3. The molecule has 0 saturated heterocycles. The standard InChI is InChI=1S/C21H27FN4OS/c1-13-7-3-6-10-18(13)23-20(27)14(2)28-21-25-24-19(26(21)15-11-12-15)16-8-4-5-9-17(16)22/h4-5,8-9,13-15,18H,3,6-7,10-12H2,1-2H3,(H,23,27)/t13-,14+,18-/m0/s1. The molecule has 2 aliphatic carbocycles. The molecule has 0 bridgehead atoms. The van der Waals surface area contributed by atoms with Crippen molar-refractivity contribution in [3.8, 4) is 11.4 Å². The fourth-order valence-electron chi connectivity index (χ4n) is 3.89. The van der Waals surface area contributed by atoms with Gasteiger partial charge in [0.2, 0.25) is 5.91 Å². The van der Waals surface area contributed by atoms with Crippen molar-refractivity contribution < 1.29 is 9.18 Å². The monoisotopic (exact) mass is 402 g/mol. The first-order valence-electron chi connectivity index (χ1n) is 10.2. The first kappa shape index (κ1) is 19.4. The normalized spacial score (nSPS) is 23.4. The van der Waals surface area contributed by atoms with Gasteiger partial charge in [0.1, 0.15) is 5.82 Å². The molecule has 0 unspecified atom stereocenters. The van der Waals surface area contributed by atoms with Gasteiger partial charge in [-0.2, -0.15) is 0 Å². The first-order chi connectivity index (χ1) is 13.5. The zero-order chi connectivity index (χ0) is 19.7. The summed E-state index contributed by atoms with van der Waals surface area (Å²) in [5.74, 6) is 0.821. The van der Waals surface area contributed by atoms with E-state index in [1.165, 1.54) is 37.1 Å². The van der Waals surface area contributed by atoms with E-state index in [2.05, 4.69) is 22.4 Å². The lowest BCUT2D eigenvalue weighted by molar-refractivity contribution is -0.121. The molecule has 4 rings (SSSR count). The van der Waals surface area contributed by atoms with Crippen molar-refractivity contribution >= 4 is 17.7 Å². The van der Waals surface area contributed by atoms with Gasteiger partial charge in [0.25, 0.3) is 0 Å². The molecule has 1 aromatic carbocycles. The topological polar surface area (TPSA) is 59.8 Å². The molecule has 28 heavy (non-hydrogen) atoms. The number of aromatic nitrogens is 3. The average Bonchev–Trinajstić information content (AvgIpc) is 3.44. The smallest absolute Gasteiger partial charge is 0.233 e. The lowest BCUT2D eigenvalue weighted by atomic mass is 9.86. The van der Waals surface area contributed by atoms with E-state index in [0.717, 1.165) is 19.3 Å². The van der Waals surface area contributed by atoms with Crippen LogP contribution in [0.4, 0.5) is 4.39 Å². The lowest BCUT2D eigenvalue weighted by Gasteiger charge is -2.30. The highest BCUT2D eigenvalue weighted by Gasteiger charge is 2.33. The van der Waals surface area contributed by atoms with Crippen molar-refractivity contribution in [3.05, 3.63) is 30.1 Å². The minimum Gasteiger partial charge on any atom is -0.352 e. The number of halogens is 1. The molecular weight excluding hydrogens is 375 g/mol. The van der Waals surface area contributed by atoms with Crippen molar-refractivity contribution in [1.82, 2.24) is 20.1 Å². The van der Waals surface area contributed by atoms with E-state index >= 15 is 0 Å². The molecule has 1 aromatic heterocycles. The van der Waals surface area contributed by atoms with Gasteiger partial charge in [-0.05, 0) is 50.7 Å². The van der Waals surface area contributed by atoms with Crippen LogP contribution in [-0.4, -0.2) is 32.0 Å². The van der Waals surface area contributed by atoms with Gasteiger partial charge in [-0.25, -0.2) is 4.39 Å². The summed E-state index contributed by atoms with van der Waals surface area (Å²) in [4.78, 5) is 12.7. The highest BCUT2D eigenvalue weighted by atomic mass is 32.2. The summed E-state index contributed by atoms with van der Waals surface area (Å²) >= 11 is 1.41. The zero-order valence-electron chi connectivity index (χ0n) is 16.4. The van der Waals surface area contributed by atoms with Gasteiger partial charge in [-0.15, -0.1) is 10.2 Å². The molecule has 2 saturated carbocycles. The van der Waals surface area contributed by atoms with Gasteiger partial charge in [-0.3, -0.25) is 9.36 Å².